The van der Waals surface area contributed by atoms with Gasteiger partial charge in [0.05, 0.1) is 34.0 Å². The molecule has 1 atom stereocenters. The van der Waals surface area contributed by atoms with Crippen LogP contribution in [0.25, 0.3) is 27.6 Å². The zero-order valence-electron chi connectivity index (χ0n) is 16.3. The van der Waals surface area contributed by atoms with E-state index in [0.29, 0.717) is 16.5 Å². The topological polar surface area (TPSA) is 108 Å². The minimum atomic E-state index is -0.238. The van der Waals surface area contributed by atoms with E-state index in [1.54, 1.807) is 22.9 Å². The minimum absolute atomic E-state index is 0.161. The van der Waals surface area contributed by atoms with E-state index in [9.17, 15) is 5.11 Å². The van der Waals surface area contributed by atoms with Gasteiger partial charge in [-0.25, -0.2) is 19.3 Å². The maximum Gasteiger partial charge on any atom is 0.164 e. The number of benzene rings is 2. The number of anilines is 1. The van der Waals surface area contributed by atoms with E-state index in [1.165, 1.54) is 6.33 Å². The molecule has 3 aromatic heterocycles. The molecule has 9 heteroatoms. The number of phenols is 1. The zero-order valence-corrected chi connectivity index (χ0v) is 17.0. The molecule has 0 aliphatic heterocycles. The smallest absolute Gasteiger partial charge is 0.164 e. The Morgan fingerprint density at radius 3 is 2.73 bits per heavy atom. The summed E-state index contributed by atoms with van der Waals surface area (Å²) in [6, 6.07) is 12.3. The molecule has 5 aromatic rings. The van der Waals surface area contributed by atoms with Crippen LogP contribution in [0.5, 0.6) is 5.75 Å². The van der Waals surface area contributed by atoms with Gasteiger partial charge in [0.15, 0.2) is 5.65 Å². The van der Waals surface area contributed by atoms with Crippen LogP contribution in [0.2, 0.25) is 5.02 Å². The number of hydrogen-bond acceptors (Lipinski definition) is 6. The van der Waals surface area contributed by atoms with Crippen molar-refractivity contribution in [3.63, 3.8) is 0 Å². The molecule has 0 bridgehead atoms. The molecule has 5 rings (SSSR count). The first-order chi connectivity index (χ1) is 14.4. The fourth-order valence-electron chi connectivity index (χ4n) is 3.80. The molecular weight excluding hydrogens is 402 g/mol. The summed E-state index contributed by atoms with van der Waals surface area (Å²) < 4.78 is 3.58. The summed E-state index contributed by atoms with van der Waals surface area (Å²) in [7, 11) is 0. The first-order valence-electron chi connectivity index (χ1n) is 9.37. The summed E-state index contributed by atoms with van der Waals surface area (Å²) in [4.78, 5) is 8.48. The number of phenolic OH excluding ortho intramolecular Hbond substituents is 1. The molecule has 3 N–H and O–H groups in total. The van der Waals surface area contributed by atoms with Gasteiger partial charge in [-0.2, -0.15) is 10.2 Å². The quantitative estimate of drug-likeness (QED) is 0.457. The number of rotatable bonds is 3. The number of halogens is 1. The Hall–Kier alpha value is -3.65. The highest BCUT2D eigenvalue weighted by atomic mass is 35.5. The van der Waals surface area contributed by atoms with Crippen LogP contribution in [0.4, 0.5) is 5.82 Å². The van der Waals surface area contributed by atoms with Crippen molar-refractivity contribution >= 4 is 39.4 Å². The first kappa shape index (κ1) is 18.4. The van der Waals surface area contributed by atoms with E-state index < -0.39 is 0 Å². The first-order valence-corrected chi connectivity index (χ1v) is 9.74. The van der Waals surface area contributed by atoms with Crippen LogP contribution < -0.4 is 5.73 Å². The largest absolute Gasteiger partial charge is 0.508 e. The van der Waals surface area contributed by atoms with Gasteiger partial charge < -0.3 is 10.8 Å². The number of hydrogen-bond donors (Lipinski definition) is 2. The van der Waals surface area contributed by atoms with E-state index in [4.69, 9.17) is 22.4 Å². The van der Waals surface area contributed by atoms with Gasteiger partial charge in [0, 0.05) is 16.5 Å². The molecule has 0 saturated heterocycles. The molecule has 0 saturated carbocycles. The van der Waals surface area contributed by atoms with Gasteiger partial charge in [0.1, 0.15) is 17.9 Å². The molecule has 0 aliphatic rings. The van der Waals surface area contributed by atoms with Gasteiger partial charge in [0.2, 0.25) is 0 Å². The van der Waals surface area contributed by atoms with Crippen LogP contribution in [0.3, 0.4) is 0 Å². The second kappa shape index (κ2) is 6.70. The Kier molecular flexibility index (Phi) is 4.11. The van der Waals surface area contributed by atoms with Crippen molar-refractivity contribution in [1.29, 1.82) is 0 Å². The van der Waals surface area contributed by atoms with Crippen molar-refractivity contribution in [1.82, 2.24) is 29.5 Å². The fraction of sp³-hybridized carbons (Fsp3) is 0.143. The third-order valence-corrected chi connectivity index (χ3v) is 5.44. The number of fused-ring (bicyclic) bond motifs is 2. The third kappa shape index (κ3) is 2.76. The number of nitrogen functional groups attached to an aromatic ring is 1. The predicted molar refractivity (Wildman–Crippen MR) is 116 cm³/mol. The van der Waals surface area contributed by atoms with Crippen molar-refractivity contribution < 1.29 is 5.11 Å². The lowest BCUT2D eigenvalue weighted by Crippen LogP contribution is -2.11. The van der Waals surface area contributed by atoms with E-state index in [1.807, 2.05) is 42.8 Å². The number of aryl methyl sites for hydroxylation is 1. The molecule has 2 aromatic carbocycles. The zero-order chi connectivity index (χ0) is 21.0. The Balaban J connectivity index is 1.75. The van der Waals surface area contributed by atoms with Gasteiger partial charge in [0.25, 0.3) is 0 Å². The maximum absolute atomic E-state index is 9.93. The van der Waals surface area contributed by atoms with Gasteiger partial charge in [-0.15, -0.1) is 0 Å². The van der Waals surface area contributed by atoms with Crippen molar-refractivity contribution in [2.24, 2.45) is 0 Å². The van der Waals surface area contributed by atoms with Gasteiger partial charge in [-0.3, -0.25) is 0 Å². The minimum Gasteiger partial charge on any atom is -0.508 e. The number of nitrogens with zero attached hydrogens (tertiary/aromatic N) is 6. The molecule has 0 fully saturated rings. The highest BCUT2D eigenvalue weighted by Gasteiger charge is 2.23. The van der Waals surface area contributed by atoms with E-state index in [-0.39, 0.29) is 11.8 Å². The molecule has 0 spiro atoms. The standard InChI is InChI=1S/C21H18ClN7O/c1-11-18-20(23)24-10-25-21(18)28(26-11)12(2)19-16-7-6-13(22)8-17(16)29(27-19)14-4-3-5-15(30)9-14/h3-10,12,30H,1-2H3,(H2,23,24,25). The molecule has 3 heterocycles. The molecule has 150 valence electrons. The average molecular weight is 420 g/mol. The molecule has 0 amide bonds. The summed E-state index contributed by atoms with van der Waals surface area (Å²) in [6.45, 7) is 3.89. The molecule has 30 heavy (non-hydrogen) atoms. The van der Waals surface area contributed by atoms with Gasteiger partial charge in [-0.1, -0.05) is 17.7 Å². The third-order valence-electron chi connectivity index (χ3n) is 5.20. The van der Waals surface area contributed by atoms with Crippen molar-refractivity contribution in [2.75, 3.05) is 5.73 Å². The molecule has 0 radical (unpaired) electrons. The monoisotopic (exact) mass is 419 g/mol. The van der Waals surface area contributed by atoms with E-state index in [2.05, 4.69) is 15.1 Å². The number of aromatic hydroxyl groups is 1. The van der Waals surface area contributed by atoms with Crippen molar-refractivity contribution in [2.45, 2.75) is 19.9 Å². The average Bonchev–Trinajstić information content (AvgIpc) is 3.26. The van der Waals surface area contributed by atoms with E-state index >= 15 is 0 Å². The fourth-order valence-corrected chi connectivity index (χ4v) is 3.96. The van der Waals surface area contributed by atoms with Crippen molar-refractivity contribution in [3.8, 4) is 11.4 Å². The highest BCUT2D eigenvalue weighted by molar-refractivity contribution is 6.31. The lowest BCUT2D eigenvalue weighted by atomic mass is 10.1. The normalized spacial score (nSPS) is 12.6. The van der Waals surface area contributed by atoms with Gasteiger partial charge >= 0.3 is 0 Å². The summed E-state index contributed by atoms with van der Waals surface area (Å²) in [5.74, 6) is 0.562. The Morgan fingerprint density at radius 2 is 1.93 bits per heavy atom. The van der Waals surface area contributed by atoms with Crippen LogP contribution in [0.1, 0.15) is 24.4 Å². The molecular formula is C21H18ClN7O. The summed E-state index contributed by atoms with van der Waals surface area (Å²) in [5, 5.41) is 21.7. The SMILES string of the molecule is Cc1nn(C(C)c2nn(-c3cccc(O)c3)c3cc(Cl)ccc23)c2ncnc(N)c12. The van der Waals surface area contributed by atoms with Gasteiger partial charge in [-0.05, 0) is 44.2 Å². The van der Waals surface area contributed by atoms with Crippen LogP contribution in [0.15, 0.2) is 48.8 Å². The Morgan fingerprint density at radius 1 is 1.10 bits per heavy atom. The van der Waals surface area contributed by atoms with Crippen LogP contribution in [-0.4, -0.2) is 34.6 Å². The second-order valence-corrected chi connectivity index (χ2v) is 7.58. The highest BCUT2D eigenvalue weighted by Crippen LogP contribution is 2.33. The van der Waals surface area contributed by atoms with Crippen molar-refractivity contribution in [3.05, 3.63) is 65.2 Å². The van der Waals surface area contributed by atoms with Crippen LogP contribution >= 0.6 is 11.6 Å². The molecule has 1 unspecified atom stereocenters. The van der Waals surface area contributed by atoms with Crippen LogP contribution in [0, 0.1) is 6.92 Å². The summed E-state index contributed by atoms with van der Waals surface area (Å²) >= 11 is 6.28. The Bertz CT molecular complexity index is 1420. The maximum atomic E-state index is 9.93. The summed E-state index contributed by atoms with van der Waals surface area (Å²) in [5.41, 5.74) is 9.82. The van der Waals surface area contributed by atoms with E-state index in [0.717, 1.165) is 33.4 Å². The predicted octanol–water partition coefficient (Wildman–Crippen LogP) is 4.02. The number of aromatic nitrogens is 6. The molecule has 0 aliphatic carbocycles. The summed E-state index contributed by atoms with van der Waals surface area (Å²) in [6.07, 6.45) is 1.44. The Labute approximate surface area is 176 Å². The lowest BCUT2D eigenvalue weighted by Gasteiger charge is -2.11. The lowest BCUT2D eigenvalue weighted by molar-refractivity contribution is 0.475. The molecule has 8 nitrogen and oxygen atoms in total. The number of nitrogens with two attached hydrogens (primary N) is 1. The van der Waals surface area contributed by atoms with Crippen LogP contribution in [-0.2, 0) is 0 Å². The second-order valence-electron chi connectivity index (χ2n) is 7.14.